The molecule has 0 spiro atoms. The van der Waals surface area contributed by atoms with Gasteiger partial charge in [0.25, 0.3) is 0 Å². The topological polar surface area (TPSA) is 37.3 Å². The molecule has 0 aromatic carbocycles. The Morgan fingerprint density at radius 2 is 1.38 bits per heavy atom. The van der Waals surface area contributed by atoms with Crippen LogP contribution in [0.4, 0.5) is 0 Å². The highest BCUT2D eigenvalue weighted by Gasteiger charge is 2.26. The molecule has 0 aliphatic heterocycles. The number of carboxylic acids is 1. The van der Waals surface area contributed by atoms with Gasteiger partial charge in [-0.15, -0.1) is 0 Å². The lowest BCUT2D eigenvalue weighted by Crippen LogP contribution is -2.24. The van der Waals surface area contributed by atoms with Crippen LogP contribution in [0, 0.1) is 29.6 Å². The van der Waals surface area contributed by atoms with E-state index in [1.807, 2.05) is 13.8 Å². The first kappa shape index (κ1) is 15.5. The van der Waals surface area contributed by atoms with Gasteiger partial charge in [-0.1, -0.05) is 41.5 Å². The molecule has 2 nitrogen and oxygen atoms in total. The van der Waals surface area contributed by atoms with Crippen molar-refractivity contribution in [3.63, 3.8) is 0 Å². The van der Waals surface area contributed by atoms with Crippen molar-refractivity contribution in [2.24, 2.45) is 29.6 Å². The molecule has 0 aliphatic rings. The summed E-state index contributed by atoms with van der Waals surface area (Å²) in [5, 5.41) is 9.16. The van der Waals surface area contributed by atoms with Crippen molar-refractivity contribution in [1.82, 2.24) is 0 Å². The number of aliphatic carboxylic acids is 1. The van der Waals surface area contributed by atoms with Crippen LogP contribution in [0.25, 0.3) is 0 Å². The van der Waals surface area contributed by atoms with Gasteiger partial charge in [-0.2, -0.15) is 0 Å². The average Bonchev–Trinajstić information content (AvgIpc) is 2.11. The minimum absolute atomic E-state index is 0.190. The zero-order chi connectivity index (χ0) is 12.9. The molecule has 0 heterocycles. The van der Waals surface area contributed by atoms with Crippen LogP contribution >= 0.6 is 0 Å². The van der Waals surface area contributed by atoms with Gasteiger partial charge in [0.15, 0.2) is 0 Å². The fourth-order valence-electron chi connectivity index (χ4n) is 2.27. The van der Waals surface area contributed by atoms with Gasteiger partial charge in [-0.3, -0.25) is 4.79 Å². The molecule has 0 amide bonds. The van der Waals surface area contributed by atoms with Crippen LogP contribution in [0.5, 0.6) is 0 Å². The SMILES string of the molecule is CC(C)C[C@@H](C)[C@H](C)C[C@H](C(=O)O)C(C)C. The third-order valence-corrected chi connectivity index (χ3v) is 3.56. The first-order valence-corrected chi connectivity index (χ1v) is 6.48. The second-order valence-corrected chi connectivity index (χ2v) is 6.01. The van der Waals surface area contributed by atoms with Crippen molar-refractivity contribution in [2.75, 3.05) is 0 Å². The van der Waals surface area contributed by atoms with Crippen LogP contribution in [0.2, 0.25) is 0 Å². The summed E-state index contributed by atoms with van der Waals surface area (Å²) in [6.45, 7) is 12.9. The summed E-state index contributed by atoms with van der Waals surface area (Å²) in [5.74, 6) is 1.20. The maximum absolute atomic E-state index is 11.1. The highest BCUT2D eigenvalue weighted by Crippen LogP contribution is 2.28. The standard InChI is InChI=1S/C14H28O2/c1-9(2)7-11(5)12(6)8-13(10(3)4)14(15)16/h9-13H,7-8H2,1-6H3,(H,15,16)/t11-,12-,13+/m1/s1. The maximum atomic E-state index is 11.1. The maximum Gasteiger partial charge on any atom is 0.306 e. The van der Waals surface area contributed by atoms with Gasteiger partial charge in [-0.05, 0) is 36.5 Å². The Morgan fingerprint density at radius 3 is 1.69 bits per heavy atom. The van der Waals surface area contributed by atoms with E-state index >= 15 is 0 Å². The molecule has 0 bridgehead atoms. The quantitative estimate of drug-likeness (QED) is 0.713. The smallest absolute Gasteiger partial charge is 0.306 e. The van der Waals surface area contributed by atoms with Crippen molar-refractivity contribution in [3.05, 3.63) is 0 Å². The van der Waals surface area contributed by atoms with Crippen LogP contribution in [0.1, 0.15) is 54.4 Å². The Bertz CT molecular complexity index is 209. The summed E-state index contributed by atoms with van der Waals surface area (Å²) >= 11 is 0. The van der Waals surface area contributed by atoms with Gasteiger partial charge in [0.1, 0.15) is 0 Å². The number of hydrogen-bond acceptors (Lipinski definition) is 1. The van der Waals surface area contributed by atoms with Gasteiger partial charge < -0.3 is 5.11 Å². The van der Waals surface area contributed by atoms with Crippen molar-refractivity contribution >= 4 is 5.97 Å². The molecule has 2 heteroatoms. The Kier molecular flexibility index (Phi) is 6.70. The van der Waals surface area contributed by atoms with E-state index in [9.17, 15) is 4.79 Å². The Morgan fingerprint density at radius 1 is 0.938 bits per heavy atom. The second kappa shape index (κ2) is 6.93. The van der Waals surface area contributed by atoms with Crippen molar-refractivity contribution in [2.45, 2.75) is 54.4 Å². The zero-order valence-corrected chi connectivity index (χ0v) is 11.7. The van der Waals surface area contributed by atoms with Crippen molar-refractivity contribution in [1.29, 1.82) is 0 Å². The molecule has 0 saturated heterocycles. The molecule has 0 rings (SSSR count). The highest BCUT2D eigenvalue weighted by atomic mass is 16.4. The Balaban J connectivity index is 4.28. The molecule has 3 atom stereocenters. The minimum atomic E-state index is -0.640. The molecule has 0 aliphatic carbocycles. The van der Waals surface area contributed by atoms with Gasteiger partial charge in [0, 0.05) is 0 Å². The molecule has 0 aromatic rings. The van der Waals surface area contributed by atoms with Crippen molar-refractivity contribution < 1.29 is 9.90 Å². The Labute approximate surface area is 100 Å². The summed E-state index contributed by atoms with van der Waals surface area (Å²) < 4.78 is 0. The molecule has 16 heavy (non-hydrogen) atoms. The predicted octanol–water partition coefficient (Wildman–Crippen LogP) is 4.05. The Hall–Kier alpha value is -0.530. The van der Waals surface area contributed by atoms with Crippen molar-refractivity contribution in [3.8, 4) is 0 Å². The molecule has 96 valence electrons. The number of carbonyl (C=O) groups is 1. The predicted molar refractivity (Wildman–Crippen MR) is 68.4 cm³/mol. The zero-order valence-electron chi connectivity index (χ0n) is 11.7. The van der Waals surface area contributed by atoms with E-state index in [1.165, 1.54) is 6.42 Å². The lowest BCUT2D eigenvalue weighted by Gasteiger charge is -2.26. The van der Waals surface area contributed by atoms with Crippen LogP contribution in [0.3, 0.4) is 0 Å². The van der Waals surface area contributed by atoms with E-state index in [0.29, 0.717) is 17.8 Å². The van der Waals surface area contributed by atoms with E-state index < -0.39 is 5.97 Å². The third-order valence-electron chi connectivity index (χ3n) is 3.56. The lowest BCUT2D eigenvalue weighted by molar-refractivity contribution is -0.144. The minimum Gasteiger partial charge on any atom is -0.481 e. The number of rotatable bonds is 7. The van der Waals surface area contributed by atoms with E-state index in [0.717, 1.165) is 6.42 Å². The normalized spacial score (nSPS) is 17.5. The lowest BCUT2D eigenvalue weighted by atomic mass is 9.79. The largest absolute Gasteiger partial charge is 0.481 e. The van der Waals surface area contributed by atoms with E-state index in [4.69, 9.17) is 5.11 Å². The molecule has 0 aromatic heterocycles. The van der Waals surface area contributed by atoms with Gasteiger partial charge in [0.05, 0.1) is 5.92 Å². The monoisotopic (exact) mass is 228 g/mol. The summed E-state index contributed by atoms with van der Waals surface area (Å²) in [4.78, 5) is 11.1. The summed E-state index contributed by atoms with van der Waals surface area (Å²) in [6.07, 6.45) is 1.99. The summed E-state index contributed by atoms with van der Waals surface area (Å²) in [6, 6.07) is 0. The molecule has 0 unspecified atom stereocenters. The average molecular weight is 228 g/mol. The summed E-state index contributed by atoms with van der Waals surface area (Å²) in [5.41, 5.74) is 0. The molecular formula is C14H28O2. The van der Waals surface area contributed by atoms with Crippen LogP contribution in [-0.2, 0) is 4.79 Å². The van der Waals surface area contributed by atoms with E-state index in [-0.39, 0.29) is 11.8 Å². The van der Waals surface area contributed by atoms with Crippen LogP contribution < -0.4 is 0 Å². The first-order valence-electron chi connectivity index (χ1n) is 6.48. The molecule has 0 fully saturated rings. The fourth-order valence-corrected chi connectivity index (χ4v) is 2.27. The first-order chi connectivity index (χ1) is 7.25. The fraction of sp³-hybridized carbons (Fsp3) is 0.929. The third kappa shape index (κ3) is 5.53. The number of hydrogen-bond donors (Lipinski definition) is 1. The van der Waals surface area contributed by atoms with E-state index in [2.05, 4.69) is 27.7 Å². The second-order valence-electron chi connectivity index (χ2n) is 6.01. The van der Waals surface area contributed by atoms with Gasteiger partial charge >= 0.3 is 5.97 Å². The molecule has 0 saturated carbocycles. The van der Waals surface area contributed by atoms with Crippen LogP contribution in [0.15, 0.2) is 0 Å². The molecular weight excluding hydrogens is 200 g/mol. The van der Waals surface area contributed by atoms with E-state index in [1.54, 1.807) is 0 Å². The van der Waals surface area contributed by atoms with Crippen LogP contribution in [-0.4, -0.2) is 11.1 Å². The van der Waals surface area contributed by atoms with Gasteiger partial charge in [-0.25, -0.2) is 0 Å². The number of carboxylic acid groups (broad SMARTS) is 1. The molecule has 0 radical (unpaired) electrons. The van der Waals surface area contributed by atoms with Gasteiger partial charge in [0.2, 0.25) is 0 Å². The molecule has 1 N–H and O–H groups in total. The highest BCUT2D eigenvalue weighted by molar-refractivity contribution is 5.70. The summed E-state index contributed by atoms with van der Waals surface area (Å²) in [7, 11) is 0.